The first-order valence-electron chi connectivity index (χ1n) is 10.7. The molecule has 0 unspecified atom stereocenters. The summed E-state index contributed by atoms with van der Waals surface area (Å²) in [6, 6.07) is 4.34. The van der Waals surface area contributed by atoms with E-state index in [9.17, 15) is 9.59 Å². The van der Waals surface area contributed by atoms with Crippen molar-refractivity contribution < 1.29 is 14.3 Å². The van der Waals surface area contributed by atoms with Crippen LogP contribution in [0.2, 0.25) is 0 Å². The molecule has 0 spiro atoms. The van der Waals surface area contributed by atoms with Crippen LogP contribution in [0.15, 0.2) is 18.3 Å². The van der Waals surface area contributed by atoms with Crippen LogP contribution in [0.5, 0.6) is 5.75 Å². The summed E-state index contributed by atoms with van der Waals surface area (Å²) < 4.78 is 5.78. The van der Waals surface area contributed by atoms with Crippen molar-refractivity contribution in [2.24, 2.45) is 5.92 Å². The summed E-state index contributed by atoms with van der Waals surface area (Å²) in [5, 5.41) is 2.54. The Morgan fingerprint density at radius 1 is 1.10 bits per heavy atom. The van der Waals surface area contributed by atoms with E-state index in [0.717, 1.165) is 51.7 Å². The van der Waals surface area contributed by atoms with Crippen molar-refractivity contribution in [3.05, 3.63) is 24.0 Å². The van der Waals surface area contributed by atoms with Gasteiger partial charge in [0.05, 0.1) is 12.8 Å². The minimum Gasteiger partial charge on any atom is -0.492 e. The molecule has 3 heterocycles. The third-order valence-electron chi connectivity index (χ3n) is 6.30. The van der Waals surface area contributed by atoms with Crippen molar-refractivity contribution >= 4 is 11.9 Å². The van der Waals surface area contributed by atoms with Crippen LogP contribution < -0.4 is 10.1 Å². The summed E-state index contributed by atoms with van der Waals surface area (Å²) in [6.45, 7) is 5.88. The molecule has 0 radical (unpaired) electrons. The number of aromatic nitrogens is 1. The number of hydrogen-bond acceptors (Lipinski definition) is 5. The van der Waals surface area contributed by atoms with Gasteiger partial charge in [0.15, 0.2) is 0 Å². The first-order valence-corrected chi connectivity index (χ1v) is 10.7. The lowest BCUT2D eigenvalue weighted by Crippen LogP contribution is -2.56. The highest BCUT2D eigenvalue weighted by molar-refractivity contribution is 5.91. The number of likely N-dealkylation sites (tertiary alicyclic amines) is 1. The Balaban J connectivity index is 1.17. The summed E-state index contributed by atoms with van der Waals surface area (Å²) in [5.41, 5.74) is 0.369. The van der Waals surface area contributed by atoms with Crippen LogP contribution in [0, 0.1) is 5.92 Å². The highest BCUT2D eigenvalue weighted by atomic mass is 16.5. The lowest BCUT2D eigenvalue weighted by molar-refractivity contribution is 0.0649. The predicted molar refractivity (Wildman–Crippen MR) is 109 cm³/mol. The van der Waals surface area contributed by atoms with Gasteiger partial charge in [-0.2, -0.15) is 0 Å². The lowest BCUT2D eigenvalue weighted by Gasteiger charge is -2.41. The SMILES string of the molecule is CNC(=O)c1ccc(OCC2CN(C(=O)N3CCCN(C4CCC4)CC3)C2)cn1. The van der Waals surface area contributed by atoms with Gasteiger partial charge in [-0.05, 0) is 31.4 Å². The summed E-state index contributed by atoms with van der Waals surface area (Å²) in [7, 11) is 1.58. The molecular formula is C21H31N5O3. The van der Waals surface area contributed by atoms with Gasteiger partial charge in [0, 0.05) is 58.3 Å². The van der Waals surface area contributed by atoms with Crippen LogP contribution in [-0.4, -0.2) is 90.6 Å². The molecule has 0 aromatic carbocycles. The van der Waals surface area contributed by atoms with Crippen molar-refractivity contribution in [3.8, 4) is 5.75 Å². The van der Waals surface area contributed by atoms with Crippen molar-refractivity contribution in [3.63, 3.8) is 0 Å². The zero-order valence-corrected chi connectivity index (χ0v) is 17.2. The molecule has 3 aliphatic rings. The van der Waals surface area contributed by atoms with Crippen LogP contribution in [0.3, 0.4) is 0 Å². The molecule has 2 saturated heterocycles. The van der Waals surface area contributed by atoms with E-state index in [1.54, 1.807) is 25.4 Å². The van der Waals surface area contributed by atoms with Crippen LogP contribution in [0.1, 0.15) is 36.2 Å². The molecule has 3 amide bonds. The molecule has 158 valence electrons. The smallest absolute Gasteiger partial charge is 0.320 e. The molecule has 1 saturated carbocycles. The molecule has 4 rings (SSSR count). The molecule has 1 aliphatic carbocycles. The second-order valence-electron chi connectivity index (χ2n) is 8.28. The molecule has 29 heavy (non-hydrogen) atoms. The fraction of sp³-hybridized carbons (Fsp3) is 0.667. The molecule has 0 bridgehead atoms. The quantitative estimate of drug-likeness (QED) is 0.808. The Hall–Kier alpha value is -2.35. The Kier molecular flexibility index (Phi) is 6.18. The van der Waals surface area contributed by atoms with Gasteiger partial charge in [-0.1, -0.05) is 6.42 Å². The maximum absolute atomic E-state index is 12.8. The average Bonchev–Trinajstić information content (AvgIpc) is 2.91. The second kappa shape index (κ2) is 8.98. The largest absolute Gasteiger partial charge is 0.492 e. The Bertz CT molecular complexity index is 716. The number of ether oxygens (including phenoxy) is 1. The number of nitrogens with one attached hydrogen (secondary N) is 1. The van der Waals surface area contributed by atoms with Gasteiger partial charge in [0.2, 0.25) is 0 Å². The topological polar surface area (TPSA) is 78.0 Å². The minimum atomic E-state index is -0.214. The highest BCUT2D eigenvalue weighted by Crippen LogP contribution is 2.26. The van der Waals surface area contributed by atoms with Gasteiger partial charge in [0.1, 0.15) is 11.4 Å². The maximum Gasteiger partial charge on any atom is 0.320 e. The number of carbonyl (C=O) groups excluding carboxylic acids is 2. The van der Waals surface area contributed by atoms with E-state index in [-0.39, 0.29) is 11.9 Å². The summed E-state index contributed by atoms with van der Waals surface area (Å²) in [6.07, 6.45) is 6.64. The number of pyridine rings is 1. The van der Waals surface area contributed by atoms with Crippen LogP contribution >= 0.6 is 0 Å². The van der Waals surface area contributed by atoms with E-state index in [1.165, 1.54) is 19.3 Å². The molecule has 1 N–H and O–H groups in total. The number of amides is 3. The van der Waals surface area contributed by atoms with Gasteiger partial charge < -0.3 is 19.9 Å². The first-order chi connectivity index (χ1) is 14.1. The second-order valence-corrected chi connectivity index (χ2v) is 8.28. The molecule has 0 atom stereocenters. The summed E-state index contributed by atoms with van der Waals surface area (Å²) in [5.74, 6) is 0.774. The van der Waals surface area contributed by atoms with Crippen LogP contribution in [-0.2, 0) is 0 Å². The fourth-order valence-corrected chi connectivity index (χ4v) is 4.22. The fourth-order valence-electron chi connectivity index (χ4n) is 4.22. The lowest BCUT2D eigenvalue weighted by atomic mass is 9.91. The number of hydrogen-bond donors (Lipinski definition) is 1. The molecule has 8 nitrogen and oxygen atoms in total. The molecule has 1 aromatic rings. The van der Waals surface area contributed by atoms with Crippen molar-refractivity contribution in [2.75, 3.05) is 52.9 Å². The van der Waals surface area contributed by atoms with Crippen molar-refractivity contribution in [2.45, 2.75) is 31.7 Å². The van der Waals surface area contributed by atoms with Gasteiger partial charge in [-0.25, -0.2) is 9.78 Å². The van der Waals surface area contributed by atoms with Gasteiger partial charge in [-0.15, -0.1) is 0 Å². The number of nitrogens with zero attached hydrogens (tertiary/aromatic N) is 4. The predicted octanol–water partition coefficient (Wildman–Crippen LogP) is 1.43. The molecular weight excluding hydrogens is 370 g/mol. The summed E-state index contributed by atoms with van der Waals surface area (Å²) in [4.78, 5) is 34.9. The number of rotatable bonds is 5. The molecule has 3 fully saturated rings. The van der Waals surface area contributed by atoms with Gasteiger partial charge in [-0.3, -0.25) is 9.69 Å². The third kappa shape index (κ3) is 4.63. The van der Waals surface area contributed by atoms with Crippen LogP contribution in [0.25, 0.3) is 0 Å². The van der Waals surface area contributed by atoms with E-state index in [0.29, 0.717) is 24.0 Å². The molecule has 1 aromatic heterocycles. The Labute approximate surface area is 172 Å². The van der Waals surface area contributed by atoms with E-state index in [1.807, 2.05) is 9.80 Å². The Morgan fingerprint density at radius 3 is 2.59 bits per heavy atom. The normalized spacial score (nSPS) is 21.1. The Morgan fingerprint density at radius 2 is 1.93 bits per heavy atom. The van der Waals surface area contributed by atoms with E-state index in [2.05, 4.69) is 15.2 Å². The standard InChI is InChI=1S/C21H31N5O3/c1-22-20(27)19-7-6-18(12-23-19)29-15-16-13-26(14-16)21(28)25-9-3-8-24(10-11-25)17-4-2-5-17/h6-7,12,16-17H,2-5,8-11,13-15H2,1H3,(H,22,27). The van der Waals surface area contributed by atoms with Crippen molar-refractivity contribution in [1.82, 2.24) is 25.0 Å². The zero-order valence-electron chi connectivity index (χ0n) is 17.2. The minimum absolute atomic E-state index is 0.174. The molecule has 2 aliphatic heterocycles. The van der Waals surface area contributed by atoms with Gasteiger partial charge >= 0.3 is 6.03 Å². The maximum atomic E-state index is 12.8. The molecule has 8 heteroatoms. The highest BCUT2D eigenvalue weighted by Gasteiger charge is 2.35. The monoisotopic (exact) mass is 401 g/mol. The van der Waals surface area contributed by atoms with E-state index < -0.39 is 0 Å². The van der Waals surface area contributed by atoms with Crippen molar-refractivity contribution in [1.29, 1.82) is 0 Å². The van der Waals surface area contributed by atoms with E-state index >= 15 is 0 Å². The van der Waals surface area contributed by atoms with Gasteiger partial charge in [0.25, 0.3) is 5.91 Å². The average molecular weight is 402 g/mol. The third-order valence-corrected chi connectivity index (χ3v) is 6.30. The first kappa shape index (κ1) is 19.9. The zero-order chi connectivity index (χ0) is 20.2. The number of carbonyl (C=O) groups is 2. The number of urea groups is 1. The van der Waals surface area contributed by atoms with Crippen LogP contribution in [0.4, 0.5) is 4.79 Å². The van der Waals surface area contributed by atoms with E-state index in [4.69, 9.17) is 4.74 Å². The summed E-state index contributed by atoms with van der Waals surface area (Å²) >= 11 is 0.